The standard InChI is InChI=1S/C16H20N2O5S/c1-23-8-7-17(12-6-9-24(21,22)10-12)11-18-15(19)13-4-2-3-5-14(13)16(18)20/h2-5,12H,6-11H2,1H3/p+1/t12-/m0/s1. The van der Waals surface area contributed by atoms with Gasteiger partial charge in [-0.1, -0.05) is 12.1 Å². The van der Waals surface area contributed by atoms with Crippen molar-refractivity contribution in [2.45, 2.75) is 12.5 Å². The highest BCUT2D eigenvalue weighted by Gasteiger charge is 2.41. The van der Waals surface area contributed by atoms with Crippen LogP contribution in [0.5, 0.6) is 0 Å². The Labute approximate surface area is 141 Å². The van der Waals surface area contributed by atoms with Gasteiger partial charge >= 0.3 is 0 Å². The van der Waals surface area contributed by atoms with Crippen molar-refractivity contribution in [3.8, 4) is 0 Å². The van der Waals surface area contributed by atoms with Crippen LogP contribution in [-0.2, 0) is 14.6 Å². The van der Waals surface area contributed by atoms with Crippen LogP contribution in [0.15, 0.2) is 24.3 Å². The van der Waals surface area contributed by atoms with Gasteiger partial charge in [0.1, 0.15) is 18.3 Å². The van der Waals surface area contributed by atoms with Crippen molar-refractivity contribution in [1.29, 1.82) is 0 Å². The molecule has 2 aliphatic heterocycles. The highest BCUT2D eigenvalue weighted by atomic mass is 32.2. The van der Waals surface area contributed by atoms with Crippen molar-refractivity contribution in [3.05, 3.63) is 35.4 Å². The summed E-state index contributed by atoms with van der Waals surface area (Å²) in [6.45, 7) is 1.15. The molecule has 0 aromatic heterocycles. The molecule has 0 aliphatic carbocycles. The van der Waals surface area contributed by atoms with Gasteiger partial charge in [0.15, 0.2) is 16.5 Å². The number of quaternary nitrogens is 1. The molecular weight excluding hydrogens is 332 g/mol. The molecule has 2 heterocycles. The molecule has 1 unspecified atom stereocenters. The molecule has 0 bridgehead atoms. The second-order valence-electron chi connectivity index (χ2n) is 6.24. The summed E-state index contributed by atoms with van der Waals surface area (Å²) in [5, 5.41) is 0. The number of carbonyl (C=O) groups excluding carboxylic acids is 2. The zero-order chi connectivity index (χ0) is 17.3. The van der Waals surface area contributed by atoms with E-state index in [1.807, 2.05) is 0 Å². The fraction of sp³-hybridized carbons (Fsp3) is 0.500. The van der Waals surface area contributed by atoms with Gasteiger partial charge in [-0.15, -0.1) is 0 Å². The van der Waals surface area contributed by atoms with Crippen molar-refractivity contribution in [3.63, 3.8) is 0 Å². The number of ether oxygens (including phenoxy) is 1. The molecule has 130 valence electrons. The molecule has 1 aromatic rings. The van der Waals surface area contributed by atoms with E-state index in [1.54, 1.807) is 31.4 Å². The number of hydrogen-bond acceptors (Lipinski definition) is 5. The summed E-state index contributed by atoms with van der Waals surface area (Å²) in [6.07, 6.45) is 0.546. The number of nitrogens with one attached hydrogen (secondary N) is 1. The average Bonchev–Trinajstić information content (AvgIpc) is 3.04. The van der Waals surface area contributed by atoms with Gasteiger partial charge in [0, 0.05) is 13.5 Å². The van der Waals surface area contributed by atoms with Gasteiger partial charge in [-0.2, -0.15) is 0 Å². The predicted octanol–water partition coefficient (Wildman–Crippen LogP) is -1.04. The maximum absolute atomic E-state index is 12.5. The lowest BCUT2D eigenvalue weighted by Crippen LogP contribution is -3.18. The molecule has 1 saturated heterocycles. The number of carbonyl (C=O) groups is 2. The van der Waals surface area contributed by atoms with Crippen LogP contribution in [0.3, 0.4) is 0 Å². The number of methoxy groups -OCH3 is 1. The molecular formula is C16H21N2O5S+. The number of imide groups is 1. The smallest absolute Gasteiger partial charge is 0.265 e. The van der Waals surface area contributed by atoms with Crippen LogP contribution in [0, 0.1) is 0 Å². The quantitative estimate of drug-likeness (QED) is 0.660. The lowest BCUT2D eigenvalue weighted by atomic mass is 10.1. The zero-order valence-electron chi connectivity index (χ0n) is 13.5. The molecule has 1 N–H and O–H groups in total. The second-order valence-corrected chi connectivity index (χ2v) is 8.47. The summed E-state index contributed by atoms with van der Waals surface area (Å²) in [7, 11) is -1.46. The zero-order valence-corrected chi connectivity index (χ0v) is 14.3. The van der Waals surface area contributed by atoms with Crippen molar-refractivity contribution in [2.75, 3.05) is 38.4 Å². The van der Waals surface area contributed by atoms with Gasteiger partial charge < -0.3 is 9.64 Å². The highest BCUT2D eigenvalue weighted by Crippen LogP contribution is 2.21. The molecule has 0 radical (unpaired) electrons. The molecule has 3 rings (SSSR count). The van der Waals surface area contributed by atoms with Gasteiger partial charge in [-0.25, -0.2) is 13.3 Å². The third-order valence-electron chi connectivity index (χ3n) is 4.68. The normalized spacial score (nSPS) is 23.5. The van der Waals surface area contributed by atoms with E-state index in [1.165, 1.54) is 4.90 Å². The summed E-state index contributed by atoms with van der Waals surface area (Å²) in [5.41, 5.74) is 0.820. The highest BCUT2D eigenvalue weighted by molar-refractivity contribution is 7.91. The van der Waals surface area contributed by atoms with E-state index in [-0.39, 0.29) is 36.0 Å². The molecule has 8 heteroatoms. The Bertz CT molecular complexity index is 726. The third kappa shape index (κ3) is 3.22. The van der Waals surface area contributed by atoms with Gasteiger partial charge in [-0.3, -0.25) is 9.59 Å². The SMILES string of the molecule is COCC[NH+](CN1C(=O)c2ccccc2C1=O)[C@H]1CCS(=O)(=O)C1. The first kappa shape index (κ1) is 17.1. The number of benzene rings is 1. The van der Waals surface area contributed by atoms with E-state index in [9.17, 15) is 18.0 Å². The summed E-state index contributed by atoms with van der Waals surface area (Å²) >= 11 is 0. The second kappa shape index (κ2) is 6.62. The van der Waals surface area contributed by atoms with E-state index in [4.69, 9.17) is 4.74 Å². The lowest BCUT2D eigenvalue weighted by Gasteiger charge is -2.28. The molecule has 2 aliphatic rings. The molecule has 1 fully saturated rings. The van der Waals surface area contributed by atoms with Crippen LogP contribution < -0.4 is 4.90 Å². The Kier molecular flexibility index (Phi) is 4.71. The van der Waals surface area contributed by atoms with Gasteiger partial charge in [-0.05, 0) is 12.1 Å². The Morgan fingerprint density at radius 3 is 2.33 bits per heavy atom. The van der Waals surface area contributed by atoms with Crippen molar-refractivity contribution in [2.24, 2.45) is 0 Å². The van der Waals surface area contributed by atoms with Crippen molar-refractivity contribution >= 4 is 21.7 Å². The van der Waals surface area contributed by atoms with E-state index in [0.717, 1.165) is 4.90 Å². The first-order valence-electron chi connectivity index (χ1n) is 7.92. The maximum Gasteiger partial charge on any atom is 0.265 e. The molecule has 0 spiro atoms. The number of rotatable bonds is 6. The fourth-order valence-corrected chi connectivity index (χ4v) is 5.17. The number of hydrogen-bond donors (Lipinski definition) is 1. The summed E-state index contributed by atoms with van der Waals surface area (Å²) in [5.74, 6) is -0.372. The van der Waals surface area contributed by atoms with Crippen LogP contribution >= 0.6 is 0 Å². The van der Waals surface area contributed by atoms with Crippen molar-refractivity contribution in [1.82, 2.24) is 4.90 Å². The van der Waals surface area contributed by atoms with Crippen LogP contribution in [0.25, 0.3) is 0 Å². The van der Waals surface area contributed by atoms with Crippen LogP contribution in [0.4, 0.5) is 0 Å². The van der Waals surface area contributed by atoms with Gasteiger partial charge in [0.2, 0.25) is 0 Å². The van der Waals surface area contributed by atoms with Crippen LogP contribution in [0.2, 0.25) is 0 Å². The first-order valence-corrected chi connectivity index (χ1v) is 9.74. The number of nitrogens with zero attached hydrogens (tertiary/aromatic N) is 1. The van der Waals surface area contributed by atoms with Gasteiger partial charge in [0.05, 0.1) is 23.5 Å². The Morgan fingerprint density at radius 1 is 1.21 bits per heavy atom. The summed E-state index contributed by atoms with van der Waals surface area (Å²) in [6, 6.07) is 6.63. The molecule has 2 atom stereocenters. The molecule has 24 heavy (non-hydrogen) atoms. The molecule has 1 aromatic carbocycles. The summed E-state index contributed by atoms with van der Waals surface area (Å²) in [4.78, 5) is 27.1. The van der Waals surface area contributed by atoms with Crippen LogP contribution in [0.1, 0.15) is 27.1 Å². The van der Waals surface area contributed by atoms with Gasteiger partial charge in [0.25, 0.3) is 11.8 Å². The third-order valence-corrected chi connectivity index (χ3v) is 6.44. The van der Waals surface area contributed by atoms with E-state index < -0.39 is 9.84 Å². The van der Waals surface area contributed by atoms with E-state index in [2.05, 4.69) is 0 Å². The van der Waals surface area contributed by atoms with E-state index >= 15 is 0 Å². The molecule has 0 saturated carbocycles. The fourth-order valence-electron chi connectivity index (χ4n) is 3.35. The van der Waals surface area contributed by atoms with Crippen molar-refractivity contribution < 1.29 is 27.6 Å². The largest absolute Gasteiger partial charge is 0.379 e. The Morgan fingerprint density at radius 2 is 1.83 bits per heavy atom. The van der Waals surface area contributed by atoms with E-state index in [0.29, 0.717) is 30.7 Å². The molecule has 2 amide bonds. The number of amides is 2. The first-order chi connectivity index (χ1) is 11.4. The maximum atomic E-state index is 12.5. The molecule has 7 nitrogen and oxygen atoms in total. The summed E-state index contributed by atoms with van der Waals surface area (Å²) < 4.78 is 28.6. The number of fused-ring (bicyclic) bond motifs is 1. The topological polar surface area (TPSA) is 85.2 Å². The lowest BCUT2D eigenvalue weighted by molar-refractivity contribution is -0.929. The minimum atomic E-state index is -3.03. The average molecular weight is 353 g/mol. The number of sulfone groups is 1. The Hall–Kier alpha value is -1.77. The Balaban J connectivity index is 1.78. The minimum absolute atomic E-state index is 0.0925. The predicted molar refractivity (Wildman–Crippen MR) is 86.6 cm³/mol. The monoisotopic (exact) mass is 353 g/mol. The minimum Gasteiger partial charge on any atom is -0.379 e. The van der Waals surface area contributed by atoms with Crippen LogP contribution in [-0.4, -0.2) is 69.6 Å².